The Balaban J connectivity index is 2.32. The lowest BCUT2D eigenvalue weighted by molar-refractivity contribution is 0.134. The molecule has 5 heteroatoms. The quantitative estimate of drug-likeness (QED) is 0.646. The minimum Gasteiger partial charge on any atom is -0.393 e. The molecule has 0 aromatic heterocycles. The zero-order chi connectivity index (χ0) is 9.19. The maximum absolute atomic E-state index is 10.7. The molecule has 0 aliphatic heterocycles. The van der Waals surface area contributed by atoms with Gasteiger partial charge < -0.3 is 5.11 Å². The smallest absolute Gasteiger partial charge is 0.208 e. The number of sulfonamides is 1. The van der Waals surface area contributed by atoms with Gasteiger partial charge in [-0.1, -0.05) is 6.42 Å². The minimum atomic E-state index is -3.10. The molecule has 0 aromatic rings. The first kappa shape index (κ1) is 9.95. The van der Waals surface area contributed by atoms with Gasteiger partial charge in [0, 0.05) is 6.54 Å². The van der Waals surface area contributed by atoms with E-state index in [4.69, 9.17) is 0 Å². The van der Waals surface area contributed by atoms with Crippen LogP contribution in [0.4, 0.5) is 0 Å². The third-order valence-corrected chi connectivity index (χ3v) is 2.92. The number of hydrogen-bond donors (Lipinski definition) is 2. The van der Waals surface area contributed by atoms with E-state index in [-0.39, 0.29) is 12.0 Å². The molecule has 1 aliphatic rings. The van der Waals surface area contributed by atoms with Gasteiger partial charge in [-0.25, -0.2) is 13.1 Å². The lowest BCUT2D eigenvalue weighted by Gasteiger charge is -2.13. The standard InChI is InChI=1S/C7H15NO3S/c1-12(10,11)8-5-6-3-2-4-7(6)9/h6-9H,2-5H2,1H3. The average molecular weight is 193 g/mol. The van der Waals surface area contributed by atoms with E-state index in [0.717, 1.165) is 25.5 Å². The molecule has 2 unspecified atom stereocenters. The van der Waals surface area contributed by atoms with E-state index >= 15 is 0 Å². The Labute approximate surface area is 73.0 Å². The highest BCUT2D eigenvalue weighted by Crippen LogP contribution is 2.24. The third kappa shape index (κ3) is 3.08. The molecule has 72 valence electrons. The van der Waals surface area contributed by atoms with Crippen molar-refractivity contribution in [1.82, 2.24) is 4.72 Å². The molecule has 0 amide bonds. The second kappa shape index (κ2) is 3.72. The molecule has 0 aromatic carbocycles. The number of hydrogen-bond acceptors (Lipinski definition) is 3. The fraction of sp³-hybridized carbons (Fsp3) is 1.00. The van der Waals surface area contributed by atoms with Gasteiger partial charge in [-0.2, -0.15) is 0 Å². The second-order valence-corrected chi connectivity index (χ2v) is 5.21. The number of aliphatic hydroxyl groups excluding tert-OH is 1. The first-order chi connectivity index (χ1) is 5.49. The molecule has 1 fully saturated rings. The Kier molecular flexibility index (Phi) is 3.09. The summed E-state index contributed by atoms with van der Waals surface area (Å²) in [5, 5.41) is 9.35. The molecule has 0 saturated heterocycles. The molecular formula is C7H15NO3S. The van der Waals surface area contributed by atoms with Crippen LogP contribution >= 0.6 is 0 Å². The molecule has 1 rings (SSSR count). The van der Waals surface area contributed by atoms with Crippen molar-refractivity contribution in [2.75, 3.05) is 12.8 Å². The van der Waals surface area contributed by atoms with Gasteiger partial charge in [0.25, 0.3) is 0 Å². The van der Waals surface area contributed by atoms with Crippen LogP contribution in [0.3, 0.4) is 0 Å². The van der Waals surface area contributed by atoms with Crippen molar-refractivity contribution >= 4 is 10.0 Å². The molecule has 12 heavy (non-hydrogen) atoms. The third-order valence-electron chi connectivity index (χ3n) is 2.23. The lowest BCUT2D eigenvalue weighted by Crippen LogP contribution is -2.31. The maximum atomic E-state index is 10.7. The van der Waals surface area contributed by atoms with Crippen LogP contribution in [-0.2, 0) is 10.0 Å². The van der Waals surface area contributed by atoms with Gasteiger partial charge in [0.15, 0.2) is 0 Å². The molecule has 0 spiro atoms. The van der Waals surface area contributed by atoms with Crippen LogP contribution in [0.5, 0.6) is 0 Å². The molecule has 4 nitrogen and oxygen atoms in total. The Bertz CT molecular complexity index is 237. The molecule has 0 radical (unpaired) electrons. The number of aliphatic hydroxyl groups is 1. The first-order valence-corrected chi connectivity index (χ1v) is 6.01. The van der Waals surface area contributed by atoms with Crippen molar-refractivity contribution in [1.29, 1.82) is 0 Å². The van der Waals surface area contributed by atoms with Crippen LogP contribution in [0.25, 0.3) is 0 Å². The molecule has 2 atom stereocenters. The highest BCUT2D eigenvalue weighted by Gasteiger charge is 2.25. The SMILES string of the molecule is CS(=O)(=O)NCC1CCCC1O. The zero-order valence-corrected chi connectivity index (χ0v) is 7.97. The van der Waals surface area contributed by atoms with E-state index in [1.807, 2.05) is 0 Å². The Hall–Kier alpha value is -0.130. The van der Waals surface area contributed by atoms with Gasteiger partial charge in [-0.3, -0.25) is 0 Å². The van der Waals surface area contributed by atoms with E-state index in [0.29, 0.717) is 6.54 Å². The molecule has 1 saturated carbocycles. The van der Waals surface area contributed by atoms with E-state index in [1.54, 1.807) is 0 Å². The number of rotatable bonds is 3. The maximum Gasteiger partial charge on any atom is 0.208 e. The van der Waals surface area contributed by atoms with Crippen molar-refractivity contribution in [2.45, 2.75) is 25.4 Å². The van der Waals surface area contributed by atoms with Crippen molar-refractivity contribution in [3.8, 4) is 0 Å². The Morgan fingerprint density at radius 2 is 2.17 bits per heavy atom. The van der Waals surface area contributed by atoms with Crippen molar-refractivity contribution in [3.63, 3.8) is 0 Å². The van der Waals surface area contributed by atoms with Gasteiger partial charge in [-0.15, -0.1) is 0 Å². The summed E-state index contributed by atoms with van der Waals surface area (Å²) in [6.07, 6.45) is 3.53. The fourth-order valence-corrected chi connectivity index (χ4v) is 2.03. The minimum absolute atomic E-state index is 0.111. The van der Waals surface area contributed by atoms with E-state index < -0.39 is 10.0 Å². The van der Waals surface area contributed by atoms with E-state index in [9.17, 15) is 13.5 Å². The Morgan fingerprint density at radius 3 is 2.58 bits per heavy atom. The second-order valence-electron chi connectivity index (χ2n) is 3.38. The van der Waals surface area contributed by atoms with Crippen LogP contribution in [0.1, 0.15) is 19.3 Å². The Morgan fingerprint density at radius 1 is 1.50 bits per heavy atom. The normalized spacial score (nSPS) is 30.8. The van der Waals surface area contributed by atoms with Gasteiger partial charge in [0.05, 0.1) is 12.4 Å². The van der Waals surface area contributed by atoms with Crippen LogP contribution in [0.15, 0.2) is 0 Å². The summed E-state index contributed by atoms with van der Waals surface area (Å²) in [7, 11) is -3.10. The molecule has 1 aliphatic carbocycles. The molecule has 0 bridgehead atoms. The van der Waals surface area contributed by atoms with Gasteiger partial charge in [-0.05, 0) is 18.8 Å². The summed E-state index contributed by atoms with van der Waals surface area (Å²) >= 11 is 0. The topological polar surface area (TPSA) is 66.4 Å². The summed E-state index contributed by atoms with van der Waals surface area (Å²) in [6, 6.07) is 0. The molecule has 0 heterocycles. The van der Waals surface area contributed by atoms with Crippen LogP contribution in [0, 0.1) is 5.92 Å². The summed E-state index contributed by atoms with van der Waals surface area (Å²) in [6.45, 7) is 0.375. The zero-order valence-electron chi connectivity index (χ0n) is 7.16. The predicted molar refractivity (Wildman–Crippen MR) is 46.2 cm³/mol. The van der Waals surface area contributed by atoms with Crippen molar-refractivity contribution in [3.05, 3.63) is 0 Å². The van der Waals surface area contributed by atoms with Crippen molar-refractivity contribution < 1.29 is 13.5 Å². The summed E-state index contributed by atoms with van der Waals surface area (Å²) < 4.78 is 23.8. The van der Waals surface area contributed by atoms with Crippen LogP contribution in [-0.4, -0.2) is 32.4 Å². The van der Waals surface area contributed by atoms with Gasteiger partial charge in [0.1, 0.15) is 0 Å². The van der Waals surface area contributed by atoms with E-state index in [1.165, 1.54) is 0 Å². The van der Waals surface area contributed by atoms with Gasteiger partial charge in [0.2, 0.25) is 10.0 Å². The first-order valence-electron chi connectivity index (χ1n) is 4.12. The van der Waals surface area contributed by atoms with Gasteiger partial charge >= 0.3 is 0 Å². The highest BCUT2D eigenvalue weighted by atomic mass is 32.2. The van der Waals surface area contributed by atoms with Crippen molar-refractivity contribution in [2.24, 2.45) is 5.92 Å². The summed E-state index contributed by atoms with van der Waals surface area (Å²) in [5.74, 6) is 0.111. The highest BCUT2D eigenvalue weighted by molar-refractivity contribution is 7.88. The molecular weight excluding hydrogens is 178 g/mol. The number of nitrogens with one attached hydrogen (secondary N) is 1. The molecule has 2 N–H and O–H groups in total. The fourth-order valence-electron chi connectivity index (χ4n) is 1.51. The monoisotopic (exact) mass is 193 g/mol. The van der Waals surface area contributed by atoms with E-state index in [2.05, 4.69) is 4.72 Å². The predicted octanol–water partition coefficient (Wildman–Crippen LogP) is -0.303. The summed E-state index contributed by atoms with van der Waals surface area (Å²) in [4.78, 5) is 0. The van der Waals surface area contributed by atoms with Crippen LogP contribution in [0.2, 0.25) is 0 Å². The largest absolute Gasteiger partial charge is 0.393 e. The summed E-state index contributed by atoms with van der Waals surface area (Å²) in [5.41, 5.74) is 0. The van der Waals surface area contributed by atoms with Crippen LogP contribution < -0.4 is 4.72 Å². The lowest BCUT2D eigenvalue weighted by atomic mass is 10.1. The average Bonchev–Trinajstić information content (AvgIpc) is 2.29.